The summed E-state index contributed by atoms with van der Waals surface area (Å²) in [5.41, 5.74) is 3.74. The minimum Gasteiger partial charge on any atom is -0.497 e. The molecule has 2 N–H and O–H groups in total. The van der Waals surface area contributed by atoms with E-state index in [9.17, 15) is 4.79 Å². The van der Waals surface area contributed by atoms with Crippen molar-refractivity contribution in [1.82, 2.24) is 15.2 Å². The molecule has 0 unspecified atom stereocenters. The van der Waals surface area contributed by atoms with Crippen LogP contribution >= 0.6 is 0 Å². The quantitative estimate of drug-likeness (QED) is 0.428. The first-order valence-corrected chi connectivity index (χ1v) is 8.80. The lowest BCUT2D eigenvalue weighted by Crippen LogP contribution is -2.15. The van der Waals surface area contributed by atoms with Crippen molar-refractivity contribution in [3.05, 3.63) is 52.3 Å². The lowest BCUT2D eigenvalue weighted by molar-refractivity contribution is 0.324. The molecule has 0 atom stereocenters. The van der Waals surface area contributed by atoms with E-state index in [0.717, 1.165) is 0 Å². The highest BCUT2D eigenvalue weighted by molar-refractivity contribution is 5.82. The number of aromatic amines is 1. The molecule has 3 aromatic rings. The number of ether oxygens (including phenoxy) is 4. The Morgan fingerprint density at radius 1 is 0.933 bits per heavy atom. The number of nitrogens with zero attached hydrogens (tertiary/aromatic N) is 3. The molecular formula is C20H21N5O5. The smallest absolute Gasteiger partial charge is 0.279 e. The molecule has 0 saturated carbocycles. The van der Waals surface area contributed by atoms with Gasteiger partial charge in [0.05, 0.1) is 34.7 Å². The van der Waals surface area contributed by atoms with E-state index < -0.39 is 5.56 Å². The van der Waals surface area contributed by atoms with Crippen LogP contribution in [0.4, 0.5) is 5.95 Å². The van der Waals surface area contributed by atoms with Crippen LogP contribution in [-0.2, 0) is 0 Å². The standard InChI is InChI=1S/C20H21N5O5/c1-27-14-7-5-13(6-8-14)17-19(26)22-20(25-23-17)24-21-11-12-9-15(28-2)18(30-4)16(10-12)29-3/h5-11H,1-4H3,(H2,22,24,25,26)/b21-11+. The van der Waals surface area contributed by atoms with Crippen molar-refractivity contribution in [2.24, 2.45) is 5.10 Å². The van der Waals surface area contributed by atoms with Gasteiger partial charge in [0, 0.05) is 11.1 Å². The molecule has 0 saturated heterocycles. The SMILES string of the molecule is COc1ccc(-c2nnc(N/N=C/c3cc(OC)c(OC)c(OC)c3)[nH]c2=O)cc1. The van der Waals surface area contributed by atoms with E-state index in [1.54, 1.807) is 43.5 Å². The molecule has 10 nitrogen and oxygen atoms in total. The van der Waals surface area contributed by atoms with Crippen LogP contribution in [0.5, 0.6) is 23.0 Å². The van der Waals surface area contributed by atoms with Gasteiger partial charge in [0.15, 0.2) is 17.2 Å². The highest BCUT2D eigenvalue weighted by atomic mass is 16.5. The molecule has 1 heterocycles. The van der Waals surface area contributed by atoms with Crippen LogP contribution in [-0.4, -0.2) is 49.8 Å². The zero-order chi connectivity index (χ0) is 21.5. The van der Waals surface area contributed by atoms with Crippen LogP contribution < -0.4 is 29.9 Å². The van der Waals surface area contributed by atoms with Gasteiger partial charge < -0.3 is 18.9 Å². The van der Waals surface area contributed by atoms with E-state index in [2.05, 4.69) is 25.7 Å². The summed E-state index contributed by atoms with van der Waals surface area (Å²) in [6.07, 6.45) is 1.52. The average Bonchev–Trinajstić information content (AvgIpc) is 2.78. The van der Waals surface area contributed by atoms with E-state index in [4.69, 9.17) is 18.9 Å². The monoisotopic (exact) mass is 411 g/mol. The molecule has 30 heavy (non-hydrogen) atoms. The largest absolute Gasteiger partial charge is 0.497 e. The molecule has 0 aliphatic rings. The fraction of sp³-hybridized carbons (Fsp3) is 0.200. The fourth-order valence-corrected chi connectivity index (χ4v) is 2.67. The van der Waals surface area contributed by atoms with Gasteiger partial charge in [0.25, 0.3) is 5.56 Å². The summed E-state index contributed by atoms with van der Waals surface area (Å²) in [6.45, 7) is 0. The predicted octanol–water partition coefficient (Wildman–Crippen LogP) is 2.31. The summed E-state index contributed by atoms with van der Waals surface area (Å²) in [4.78, 5) is 14.9. The molecule has 3 rings (SSSR count). The summed E-state index contributed by atoms with van der Waals surface area (Å²) in [5.74, 6) is 2.25. The third-order valence-electron chi connectivity index (χ3n) is 4.13. The highest BCUT2D eigenvalue weighted by Gasteiger charge is 2.12. The van der Waals surface area contributed by atoms with Crippen molar-refractivity contribution in [1.29, 1.82) is 0 Å². The number of benzene rings is 2. The summed E-state index contributed by atoms with van der Waals surface area (Å²) >= 11 is 0. The maximum Gasteiger partial charge on any atom is 0.279 e. The summed E-state index contributed by atoms with van der Waals surface area (Å²) < 4.78 is 21.0. The number of nitrogens with one attached hydrogen (secondary N) is 2. The normalized spacial score (nSPS) is 10.7. The first kappa shape index (κ1) is 20.6. The number of rotatable bonds is 8. The number of methoxy groups -OCH3 is 4. The van der Waals surface area contributed by atoms with Crippen LogP contribution in [0.3, 0.4) is 0 Å². The molecule has 0 spiro atoms. The average molecular weight is 411 g/mol. The molecular weight excluding hydrogens is 390 g/mol. The number of hydrazone groups is 1. The van der Waals surface area contributed by atoms with Crippen molar-refractivity contribution < 1.29 is 18.9 Å². The second-order valence-electron chi connectivity index (χ2n) is 5.91. The number of aromatic nitrogens is 3. The Labute approximate surface area is 172 Å². The van der Waals surface area contributed by atoms with Crippen LogP contribution in [0, 0.1) is 0 Å². The topological polar surface area (TPSA) is 120 Å². The van der Waals surface area contributed by atoms with Crippen molar-refractivity contribution >= 4 is 12.2 Å². The zero-order valence-corrected chi connectivity index (χ0v) is 16.9. The molecule has 0 radical (unpaired) electrons. The van der Waals surface area contributed by atoms with E-state index in [1.807, 2.05) is 0 Å². The molecule has 156 valence electrons. The van der Waals surface area contributed by atoms with E-state index >= 15 is 0 Å². The maximum atomic E-state index is 12.3. The van der Waals surface area contributed by atoms with Crippen LogP contribution in [0.1, 0.15) is 5.56 Å². The maximum absolute atomic E-state index is 12.3. The molecule has 10 heteroatoms. The Bertz CT molecular complexity index is 1070. The molecule has 2 aromatic carbocycles. The second kappa shape index (κ2) is 9.41. The van der Waals surface area contributed by atoms with Crippen molar-refractivity contribution in [2.45, 2.75) is 0 Å². The van der Waals surface area contributed by atoms with Crippen molar-refractivity contribution in [3.8, 4) is 34.3 Å². The zero-order valence-electron chi connectivity index (χ0n) is 16.9. The van der Waals surface area contributed by atoms with Crippen LogP contribution in [0.25, 0.3) is 11.3 Å². The predicted molar refractivity (Wildman–Crippen MR) is 112 cm³/mol. The van der Waals surface area contributed by atoms with Gasteiger partial charge in [-0.05, 0) is 36.4 Å². The fourth-order valence-electron chi connectivity index (χ4n) is 2.67. The summed E-state index contributed by atoms with van der Waals surface area (Å²) in [6, 6.07) is 10.4. The molecule has 0 fully saturated rings. The number of hydrogen-bond donors (Lipinski definition) is 2. The first-order chi connectivity index (χ1) is 14.6. The van der Waals surface area contributed by atoms with Gasteiger partial charge >= 0.3 is 0 Å². The molecule has 0 aliphatic carbocycles. The van der Waals surface area contributed by atoms with Gasteiger partial charge in [-0.15, -0.1) is 10.2 Å². The minimum atomic E-state index is -0.402. The molecule has 1 aromatic heterocycles. The number of hydrogen-bond acceptors (Lipinski definition) is 9. The van der Waals surface area contributed by atoms with E-state index in [1.165, 1.54) is 27.5 Å². The van der Waals surface area contributed by atoms with Gasteiger partial charge in [-0.25, -0.2) is 5.43 Å². The van der Waals surface area contributed by atoms with E-state index in [0.29, 0.717) is 34.1 Å². The van der Waals surface area contributed by atoms with Crippen molar-refractivity contribution in [3.63, 3.8) is 0 Å². The summed E-state index contributed by atoms with van der Waals surface area (Å²) in [5, 5.41) is 12.0. The summed E-state index contributed by atoms with van der Waals surface area (Å²) in [7, 11) is 6.16. The number of anilines is 1. The molecule has 0 aliphatic heterocycles. The third kappa shape index (κ3) is 4.49. The van der Waals surface area contributed by atoms with Crippen LogP contribution in [0.15, 0.2) is 46.3 Å². The van der Waals surface area contributed by atoms with Crippen molar-refractivity contribution in [2.75, 3.05) is 33.9 Å². The van der Waals surface area contributed by atoms with Gasteiger partial charge in [-0.1, -0.05) is 0 Å². The molecule has 0 bridgehead atoms. The lowest BCUT2D eigenvalue weighted by atomic mass is 10.1. The Balaban J connectivity index is 1.76. The Kier molecular flexibility index (Phi) is 6.48. The van der Waals surface area contributed by atoms with Gasteiger partial charge in [-0.3, -0.25) is 9.78 Å². The Morgan fingerprint density at radius 3 is 2.13 bits per heavy atom. The van der Waals surface area contributed by atoms with Gasteiger partial charge in [0.1, 0.15) is 5.75 Å². The Hall–Kier alpha value is -4.08. The van der Waals surface area contributed by atoms with Gasteiger partial charge in [-0.2, -0.15) is 5.10 Å². The highest BCUT2D eigenvalue weighted by Crippen LogP contribution is 2.37. The first-order valence-electron chi connectivity index (χ1n) is 8.80. The van der Waals surface area contributed by atoms with Gasteiger partial charge in [0.2, 0.25) is 11.7 Å². The van der Waals surface area contributed by atoms with E-state index in [-0.39, 0.29) is 11.6 Å². The molecule has 0 amide bonds. The Morgan fingerprint density at radius 2 is 1.60 bits per heavy atom. The lowest BCUT2D eigenvalue weighted by Gasteiger charge is -2.12. The second-order valence-corrected chi connectivity index (χ2v) is 5.91. The van der Waals surface area contributed by atoms with Crippen LogP contribution in [0.2, 0.25) is 0 Å². The minimum absolute atomic E-state index is 0.0981. The third-order valence-corrected chi connectivity index (χ3v) is 4.13. The number of H-pyrrole nitrogens is 1.